The molecule has 0 aliphatic carbocycles. The van der Waals surface area contributed by atoms with E-state index in [4.69, 9.17) is 16.7 Å². The molecule has 1 N–H and O–H groups in total. The molecule has 0 saturated carbocycles. The topological polar surface area (TPSA) is 116 Å². The van der Waals surface area contributed by atoms with E-state index in [1.54, 1.807) is 16.0 Å². The van der Waals surface area contributed by atoms with Gasteiger partial charge in [0, 0.05) is 17.0 Å². The SMILES string of the molecule is O=C(O)n1ncc2cc(N(c3c(Cl)nc4sccn34)S(=O)[O-])ccc21. The van der Waals surface area contributed by atoms with Crippen molar-refractivity contribution in [1.82, 2.24) is 19.2 Å². The van der Waals surface area contributed by atoms with Gasteiger partial charge in [-0.05, 0) is 18.2 Å². The summed E-state index contributed by atoms with van der Waals surface area (Å²) in [7, 11) is 0. The molecular formula is C13H7ClN5O4S2-. The van der Waals surface area contributed by atoms with Gasteiger partial charge in [-0.2, -0.15) is 9.78 Å². The lowest BCUT2D eigenvalue weighted by Crippen LogP contribution is -2.21. The molecule has 0 spiro atoms. The number of imidazole rings is 1. The molecule has 0 fully saturated rings. The van der Waals surface area contributed by atoms with Crippen LogP contribution in [0.5, 0.6) is 0 Å². The summed E-state index contributed by atoms with van der Waals surface area (Å²) in [6.07, 6.45) is 1.78. The molecule has 4 rings (SSSR count). The van der Waals surface area contributed by atoms with Crippen molar-refractivity contribution in [2.75, 3.05) is 4.31 Å². The lowest BCUT2D eigenvalue weighted by molar-refractivity contribution is 0.194. The van der Waals surface area contributed by atoms with Crippen LogP contribution >= 0.6 is 22.9 Å². The molecule has 3 aromatic heterocycles. The van der Waals surface area contributed by atoms with Gasteiger partial charge in [0.05, 0.1) is 28.7 Å². The Kier molecular flexibility index (Phi) is 3.72. The molecule has 1 unspecified atom stereocenters. The highest BCUT2D eigenvalue weighted by atomic mass is 35.5. The number of carboxylic acid groups (broad SMARTS) is 1. The van der Waals surface area contributed by atoms with Gasteiger partial charge in [0.2, 0.25) is 0 Å². The van der Waals surface area contributed by atoms with Gasteiger partial charge in [0.25, 0.3) is 0 Å². The third kappa shape index (κ3) is 2.48. The van der Waals surface area contributed by atoms with E-state index < -0.39 is 17.4 Å². The second-order valence-corrected chi connectivity index (χ2v) is 6.91. The van der Waals surface area contributed by atoms with E-state index in [1.807, 2.05) is 0 Å². The molecular weight excluding hydrogens is 390 g/mol. The summed E-state index contributed by atoms with van der Waals surface area (Å²) in [5.74, 6) is 0.177. The predicted octanol–water partition coefficient (Wildman–Crippen LogP) is 2.86. The molecule has 0 amide bonds. The quantitative estimate of drug-likeness (QED) is 0.532. The fourth-order valence-electron chi connectivity index (χ4n) is 2.51. The van der Waals surface area contributed by atoms with Gasteiger partial charge in [-0.1, -0.05) is 11.6 Å². The van der Waals surface area contributed by atoms with Crippen LogP contribution in [0, 0.1) is 0 Å². The van der Waals surface area contributed by atoms with Crippen molar-refractivity contribution in [3.05, 3.63) is 41.1 Å². The van der Waals surface area contributed by atoms with Crippen molar-refractivity contribution in [2.24, 2.45) is 0 Å². The zero-order valence-electron chi connectivity index (χ0n) is 12.1. The molecule has 0 aliphatic heterocycles. The second-order valence-electron chi connectivity index (χ2n) is 4.88. The van der Waals surface area contributed by atoms with Gasteiger partial charge < -0.3 is 9.66 Å². The molecule has 25 heavy (non-hydrogen) atoms. The highest BCUT2D eigenvalue weighted by Crippen LogP contribution is 2.36. The van der Waals surface area contributed by atoms with Crippen molar-refractivity contribution in [2.45, 2.75) is 0 Å². The van der Waals surface area contributed by atoms with Crippen molar-refractivity contribution in [3.63, 3.8) is 0 Å². The molecule has 128 valence electrons. The summed E-state index contributed by atoms with van der Waals surface area (Å²) in [5.41, 5.74) is 0.619. The van der Waals surface area contributed by atoms with E-state index >= 15 is 0 Å². The van der Waals surface area contributed by atoms with Gasteiger partial charge in [-0.15, -0.1) is 11.3 Å². The Bertz CT molecular complexity index is 1150. The average Bonchev–Trinajstić information content (AvgIpc) is 3.23. The number of hydrogen-bond acceptors (Lipinski definition) is 6. The number of carbonyl (C=O) groups is 1. The zero-order valence-corrected chi connectivity index (χ0v) is 14.5. The number of hydrogen-bond donors (Lipinski definition) is 1. The molecule has 0 bridgehead atoms. The first-order valence-electron chi connectivity index (χ1n) is 6.69. The van der Waals surface area contributed by atoms with Gasteiger partial charge >= 0.3 is 6.09 Å². The molecule has 0 radical (unpaired) electrons. The number of halogens is 1. The average molecular weight is 397 g/mol. The van der Waals surface area contributed by atoms with Crippen LogP contribution in [0.2, 0.25) is 5.15 Å². The van der Waals surface area contributed by atoms with Crippen LogP contribution in [0.25, 0.3) is 15.9 Å². The first-order chi connectivity index (χ1) is 12.0. The minimum atomic E-state index is -2.68. The molecule has 9 nitrogen and oxygen atoms in total. The fourth-order valence-corrected chi connectivity index (χ4v) is 4.17. The number of thiazole rings is 1. The Hall–Kier alpha value is -2.47. The summed E-state index contributed by atoms with van der Waals surface area (Å²) in [6.45, 7) is 0. The minimum Gasteiger partial charge on any atom is -0.755 e. The normalized spacial score (nSPS) is 12.7. The van der Waals surface area contributed by atoms with E-state index in [0.717, 1.165) is 8.99 Å². The van der Waals surface area contributed by atoms with Crippen LogP contribution in [0.15, 0.2) is 36.0 Å². The van der Waals surface area contributed by atoms with Crippen LogP contribution in [0.1, 0.15) is 0 Å². The minimum absolute atomic E-state index is 0.0392. The number of anilines is 2. The van der Waals surface area contributed by atoms with Gasteiger partial charge in [-0.25, -0.2) is 9.78 Å². The lowest BCUT2D eigenvalue weighted by Gasteiger charge is -2.25. The molecule has 4 aromatic rings. The summed E-state index contributed by atoms with van der Waals surface area (Å²) in [5, 5.41) is 15.1. The van der Waals surface area contributed by atoms with Crippen molar-refractivity contribution >= 4 is 67.7 Å². The smallest absolute Gasteiger partial charge is 0.432 e. The fraction of sp³-hybridized carbons (Fsp3) is 0. The molecule has 12 heteroatoms. The van der Waals surface area contributed by atoms with Crippen molar-refractivity contribution in [3.8, 4) is 0 Å². The van der Waals surface area contributed by atoms with E-state index in [1.165, 1.54) is 35.7 Å². The predicted molar refractivity (Wildman–Crippen MR) is 92.3 cm³/mol. The van der Waals surface area contributed by atoms with Crippen LogP contribution in [0.4, 0.5) is 16.3 Å². The van der Waals surface area contributed by atoms with Crippen molar-refractivity contribution in [1.29, 1.82) is 0 Å². The highest BCUT2D eigenvalue weighted by Gasteiger charge is 2.22. The summed E-state index contributed by atoms with van der Waals surface area (Å²) < 4.78 is 27.1. The Balaban J connectivity index is 1.91. The molecule has 3 heterocycles. The first kappa shape index (κ1) is 16.0. The number of aromatic nitrogens is 4. The maximum Gasteiger partial charge on any atom is 0.432 e. The lowest BCUT2D eigenvalue weighted by atomic mass is 10.2. The Labute approximate surface area is 151 Å². The largest absolute Gasteiger partial charge is 0.755 e. The monoisotopic (exact) mass is 396 g/mol. The van der Waals surface area contributed by atoms with E-state index in [9.17, 15) is 13.6 Å². The maximum atomic E-state index is 11.9. The number of benzene rings is 1. The van der Waals surface area contributed by atoms with E-state index in [-0.39, 0.29) is 16.7 Å². The highest BCUT2D eigenvalue weighted by molar-refractivity contribution is 7.81. The first-order valence-corrected chi connectivity index (χ1v) is 8.98. The van der Waals surface area contributed by atoms with Crippen LogP contribution < -0.4 is 4.31 Å². The maximum absolute atomic E-state index is 11.9. The third-order valence-electron chi connectivity index (χ3n) is 3.50. The van der Waals surface area contributed by atoms with Crippen molar-refractivity contribution < 1.29 is 18.7 Å². The Morgan fingerprint density at radius 3 is 2.96 bits per heavy atom. The molecule has 1 atom stereocenters. The number of nitrogens with zero attached hydrogens (tertiary/aromatic N) is 5. The second kappa shape index (κ2) is 5.81. The number of fused-ring (bicyclic) bond motifs is 2. The summed E-state index contributed by atoms with van der Waals surface area (Å²) in [6, 6.07) is 4.46. The summed E-state index contributed by atoms with van der Waals surface area (Å²) >= 11 is 4.76. The van der Waals surface area contributed by atoms with Gasteiger partial charge in [0.15, 0.2) is 15.9 Å². The Morgan fingerprint density at radius 1 is 1.44 bits per heavy atom. The Morgan fingerprint density at radius 2 is 2.24 bits per heavy atom. The zero-order chi connectivity index (χ0) is 17.7. The van der Waals surface area contributed by atoms with Gasteiger partial charge in [0.1, 0.15) is 0 Å². The summed E-state index contributed by atoms with van der Waals surface area (Å²) in [4.78, 5) is 15.8. The van der Waals surface area contributed by atoms with Crippen LogP contribution in [-0.4, -0.2) is 39.1 Å². The third-order valence-corrected chi connectivity index (χ3v) is 5.20. The molecule has 0 aliphatic rings. The van der Waals surface area contributed by atoms with E-state index in [2.05, 4.69) is 10.1 Å². The van der Waals surface area contributed by atoms with Crippen LogP contribution in [0.3, 0.4) is 0 Å². The van der Waals surface area contributed by atoms with E-state index in [0.29, 0.717) is 15.9 Å². The number of rotatable bonds is 3. The molecule has 1 aromatic carbocycles. The van der Waals surface area contributed by atoms with Crippen LogP contribution in [-0.2, 0) is 11.3 Å². The standard InChI is InChI=1S/C13H8ClN5O4S2/c14-10-11(17-3-4-24-12(17)16-10)19(25(22)23)8-1-2-9-7(5-8)6-15-18(9)13(20)21/h1-6H,(H,20,21)(H,22,23)/p-1. The van der Waals surface area contributed by atoms with Gasteiger partial charge in [-0.3, -0.25) is 12.9 Å². The molecule has 0 saturated heterocycles.